The number of hydrogen-bond acceptors (Lipinski definition) is 5. The van der Waals surface area contributed by atoms with Crippen molar-refractivity contribution in [1.29, 1.82) is 0 Å². The van der Waals surface area contributed by atoms with Crippen LogP contribution in [0.4, 0.5) is 5.82 Å². The summed E-state index contributed by atoms with van der Waals surface area (Å²) in [7, 11) is 1.66. The molecule has 4 rings (SSSR count). The van der Waals surface area contributed by atoms with Gasteiger partial charge in [0.1, 0.15) is 11.6 Å². The van der Waals surface area contributed by atoms with Crippen molar-refractivity contribution >= 4 is 11.5 Å². The topological polar surface area (TPSA) is 64.3 Å². The molecule has 6 nitrogen and oxygen atoms in total. The Labute approximate surface area is 151 Å². The minimum atomic E-state index is 0.791. The highest BCUT2D eigenvalue weighted by molar-refractivity contribution is 5.70. The molecule has 130 valence electrons. The number of rotatable bonds is 6. The van der Waals surface area contributed by atoms with Crippen molar-refractivity contribution in [1.82, 2.24) is 19.6 Å². The highest BCUT2D eigenvalue weighted by Crippen LogP contribution is 2.29. The molecule has 0 aliphatic rings. The Kier molecular flexibility index (Phi) is 4.47. The van der Waals surface area contributed by atoms with Gasteiger partial charge < -0.3 is 10.1 Å². The summed E-state index contributed by atoms with van der Waals surface area (Å²) in [6.45, 7) is 0.806. The van der Waals surface area contributed by atoms with Gasteiger partial charge in [0, 0.05) is 36.8 Å². The monoisotopic (exact) mass is 345 g/mol. The maximum atomic E-state index is 5.43. The normalized spacial score (nSPS) is 10.8. The van der Waals surface area contributed by atoms with E-state index in [4.69, 9.17) is 4.74 Å². The van der Waals surface area contributed by atoms with Crippen molar-refractivity contribution in [3.05, 3.63) is 72.7 Å². The molecule has 4 aromatic rings. The van der Waals surface area contributed by atoms with Gasteiger partial charge >= 0.3 is 0 Å². The van der Waals surface area contributed by atoms with Gasteiger partial charge in [-0.3, -0.25) is 4.98 Å². The van der Waals surface area contributed by atoms with E-state index in [1.54, 1.807) is 11.6 Å². The molecule has 0 aliphatic heterocycles. The Bertz CT molecular complexity index is 1010. The minimum Gasteiger partial charge on any atom is -0.496 e. The fraction of sp³-hybridized carbons (Fsp3) is 0.150. The molecule has 0 fully saturated rings. The average Bonchev–Trinajstić information content (AvgIpc) is 3.12. The Balaban J connectivity index is 1.52. The quantitative estimate of drug-likeness (QED) is 0.580. The Hall–Kier alpha value is -3.41. The first-order chi connectivity index (χ1) is 12.8. The molecule has 0 aliphatic carbocycles. The molecule has 0 spiro atoms. The van der Waals surface area contributed by atoms with E-state index < -0.39 is 0 Å². The molecule has 0 radical (unpaired) electrons. The SMILES string of the molecule is COc1ccccc1-c1cc2nc(NCCc3ccncc3)ccn2n1. The second kappa shape index (κ2) is 7.23. The lowest BCUT2D eigenvalue weighted by molar-refractivity contribution is 0.416. The van der Waals surface area contributed by atoms with Gasteiger partial charge in [-0.15, -0.1) is 0 Å². The summed E-state index contributed by atoms with van der Waals surface area (Å²) in [4.78, 5) is 8.68. The van der Waals surface area contributed by atoms with Crippen molar-refractivity contribution in [3.63, 3.8) is 0 Å². The molecule has 0 bridgehead atoms. The molecule has 3 aromatic heterocycles. The van der Waals surface area contributed by atoms with Gasteiger partial charge in [-0.2, -0.15) is 5.10 Å². The molecule has 1 aromatic carbocycles. The van der Waals surface area contributed by atoms with E-state index >= 15 is 0 Å². The second-order valence-corrected chi connectivity index (χ2v) is 5.88. The number of benzene rings is 1. The first-order valence-electron chi connectivity index (χ1n) is 8.46. The highest BCUT2D eigenvalue weighted by Gasteiger charge is 2.10. The van der Waals surface area contributed by atoms with E-state index in [9.17, 15) is 0 Å². The van der Waals surface area contributed by atoms with Crippen LogP contribution >= 0.6 is 0 Å². The fourth-order valence-corrected chi connectivity index (χ4v) is 2.85. The van der Waals surface area contributed by atoms with Crippen LogP contribution in [0, 0.1) is 0 Å². The molecular weight excluding hydrogens is 326 g/mol. The van der Waals surface area contributed by atoms with Gasteiger partial charge in [0.15, 0.2) is 5.65 Å². The van der Waals surface area contributed by atoms with Crippen molar-refractivity contribution < 1.29 is 4.74 Å². The van der Waals surface area contributed by atoms with Gasteiger partial charge in [0.2, 0.25) is 0 Å². The van der Waals surface area contributed by atoms with Gasteiger partial charge in [0.05, 0.1) is 12.8 Å². The van der Waals surface area contributed by atoms with Crippen molar-refractivity contribution in [3.8, 4) is 17.0 Å². The maximum Gasteiger partial charge on any atom is 0.157 e. The zero-order valence-electron chi connectivity index (χ0n) is 14.5. The molecule has 26 heavy (non-hydrogen) atoms. The molecular formula is C20H19N5O. The van der Waals surface area contributed by atoms with Crippen LogP contribution < -0.4 is 10.1 Å². The van der Waals surface area contributed by atoms with Crippen LogP contribution in [0.25, 0.3) is 16.9 Å². The maximum absolute atomic E-state index is 5.43. The summed E-state index contributed by atoms with van der Waals surface area (Å²) in [5, 5.41) is 7.96. The van der Waals surface area contributed by atoms with E-state index in [0.717, 1.165) is 41.4 Å². The third-order valence-electron chi connectivity index (χ3n) is 4.18. The van der Waals surface area contributed by atoms with E-state index in [-0.39, 0.29) is 0 Å². The number of aromatic nitrogens is 4. The number of hydrogen-bond donors (Lipinski definition) is 1. The summed E-state index contributed by atoms with van der Waals surface area (Å²) in [5.74, 6) is 1.63. The number of nitrogens with zero attached hydrogens (tertiary/aromatic N) is 4. The van der Waals surface area contributed by atoms with Crippen molar-refractivity contribution in [2.24, 2.45) is 0 Å². The van der Waals surface area contributed by atoms with Crippen LogP contribution in [0.5, 0.6) is 5.75 Å². The molecule has 0 unspecified atom stereocenters. The zero-order valence-corrected chi connectivity index (χ0v) is 14.5. The van der Waals surface area contributed by atoms with Crippen LogP contribution in [-0.4, -0.2) is 33.2 Å². The first kappa shape index (κ1) is 16.1. The Morgan fingerprint density at radius 3 is 2.77 bits per heavy atom. The number of fused-ring (bicyclic) bond motifs is 1. The molecule has 1 N–H and O–H groups in total. The molecule has 0 amide bonds. The predicted molar refractivity (Wildman–Crippen MR) is 101 cm³/mol. The Morgan fingerprint density at radius 2 is 1.92 bits per heavy atom. The lowest BCUT2D eigenvalue weighted by atomic mass is 10.1. The number of anilines is 1. The second-order valence-electron chi connectivity index (χ2n) is 5.88. The zero-order chi connectivity index (χ0) is 17.8. The van der Waals surface area contributed by atoms with Crippen LogP contribution in [0.2, 0.25) is 0 Å². The summed E-state index contributed by atoms with van der Waals surface area (Å²) >= 11 is 0. The van der Waals surface area contributed by atoms with E-state index in [2.05, 4.69) is 20.4 Å². The average molecular weight is 345 g/mol. The third kappa shape index (κ3) is 3.35. The highest BCUT2D eigenvalue weighted by atomic mass is 16.5. The van der Waals surface area contributed by atoms with Gasteiger partial charge in [-0.05, 0) is 42.3 Å². The van der Waals surface area contributed by atoms with E-state index in [1.165, 1.54) is 5.56 Å². The Morgan fingerprint density at radius 1 is 1.08 bits per heavy atom. The third-order valence-corrected chi connectivity index (χ3v) is 4.18. The lowest BCUT2D eigenvalue weighted by Gasteiger charge is -2.05. The van der Waals surface area contributed by atoms with Crippen molar-refractivity contribution in [2.75, 3.05) is 19.0 Å². The van der Waals surface area contributed by atoms with Gasteiger partial charge in [-0.25, -0.2) is 9.50 Å². The van der Waals surface area contributed by atoms with Crippen LogP contribution in [0.1, 0.15) is 5.56 Å². The standard InChI is InChI=1S/C20H19N5O/c1-26-18-5-3-2-4-16(18)17-14-20-23-19(9-13-25(20)24-17)22-12-8-15-6-10-21-11-7-15/h2-7,9-11,13-14H,8,12H2,1H3,(H,22,23). The van der Waals surface area contributed by atoms with Gasteiger partial charge in [0.25, 0.3) is 0 Å². The van der Waals surface area contributed by atoms with E-state index in [0.29, 0.717) is 0 Å². The molecule has 6 heteroatoms. The van der Waals surface area contributed by atoms with Crippen LogP contribution in [0.15, 0.2) is 67.1 Å². The molecule has 0 saturated carbocycles. The summed E-state index contributed by atoms with van der Waals surface area (Å²) in [6, 6.07) is 15.8. The number of pyridine rings is 1. The summed E-state index contributed by atoms with van der Waals surface area (Å²) < 4.78 is 7.20. The van der Waals surface area contributed by atoms with Gasteiger partial charge in [-0.1, -0.05) is 12.1 Å². The molecule has 0 saturated heterocycles. The van der Waals surface area contributed by atoms with Crippen molar-refractivity contribution in [2.45, 2.75) is 6.42 Å². The smallest absolute Gasteiger partial charge is 0.157 e. The molecule has 0 atom stereocenters. The number of methoxy groups -OCH3 is 1. The summed E-state index contributed by atoms with van der Waals surface area (Å²) in [5.41, 5.74) is 3.83. The number of nitrogens with one attached hydrogen (secondary N) is 1. The largest absolute Gasteiger partial charge is 0.496 e. The summed E-state index contributed by atoms with van der Waals surface area (Å²) in [6.07, 6.45) is 6.45. The lowest BCUT2D eigenvalue weighted by Crippen LogP contribution is -2.07. The van der Waals surface area contributed by atoms with Crippen LogP contribution in [0.3, 0.4) is 0 Å². The fourth-order valence-electron chi connectivity index (χ4n) is 2.85. The first-order valence-corrected chi connectivity index (χ1v) is 8.46. The molecule has 3 heterocycles. The predicted octanol–water partition coefficient (Wildman–Crippen LogP) is 3.45. The van der Waals surface area contributed by atoms with Crippen LogP contribution in [-0.2, 0) is 6.42 Å². The van der Waals surface area contributed by atoms with E-state index in [1.807, 2.05) is 67.1 Å². The number of para-hydroxylation sites is 1. The number of ether oxygens (including phenoxy) is 1. The minimum absolute atomic E-state index is 0.791.